The zero-order chi connectivity index (χ0) is 8.43. The first-order valence-electron chi connectivity index (χ1n) is 3.88. The second-order valence-corrected chi connectivity index (χ2v) is 3.05. The Kier molecular flexibility index (Phi) is 2.49. The summed E-state index contributed by atoms with van der Waals surface area (Å²) < 4.78 is 10.2. The van der Waals surface area contributed by atoms with E-state index in [0.29, 0.717) is 0 Å². The van der Waals surface area contributed by atoms with Crippen molar-refractivity contribution in [1.29, 1.82) is 0 Å². The maximum Gasteiger partial charge on any atom is 0.311 e. The second-order valence-electron chi connectivity index (χ2n) is 3.05. The van der Waals surface area contributed by atoms with Gasteiger partial charge in [0.25, 0.3) is 0 Å². The number of rotatable bonds is 1. The van der Waals surface area contributed by atoms with Gasteiger partial charge < -0.3 is 9.47 Å². The molecule has 64 valence electrons. The minimum absolute atomic E-state index is 0.00338. The van der Waals surface area contributed by atoms with Gasteiger partial charge in [0.15, 0.2) is 0 Å². The van der Waals surface area contributed by atoms with E-state index in [1.54, 1.807) is 7.11 Å². The van der Waals surface area contributed by atoms with Crippen LogP contribution in [0, 0.1) is 5.92 Å². The summed E-state index contributed by atoms with van der Waals surface area (Å²) in [7, 11) is 1.63. The van der Waals surface area contributed by atoms with Gasteiger partial charge in [-0.2, -0.15) is 0 Å². The minimum atomic E-state index is -0.143. The molecule has 0 amide bonds. The molecular weight excluding hydrogens is 144 g/mol. The molecule has 1 aliphatic heterocycles. The highest BCUT2D eigenvalue weighted by atomic mass is 16.6. The summed E-state index contributed by atoms with van der Waals surface area (Å²) >= 11 is 0. The number of esters is 1. The molecule has 1 fully saturated rings. The molecule has 0 aliphatic carbocycles. The standard InChI is InChI=1S/C8H14O3/c1-5-4-7(10-3)6(2)8(9)11-5/h5-7H,4H2,1-3H3. The molecule has 0 N–H and O–H groups in total. The summed E-state index contributed by atoms with van der Waals surface area (Å²) in [6, 6.07) is 0. The fourth-order valence-corrected chi connectivity index (χ4v) is 1.34. The lowest BCUT2D eigenvalue weighted by Gasteiger charge is -2.30. The number of hydrogen-bond acceptors (Lipinski definition) is 3. The summed E-state index contributed by atoms with van der Waals surface area (Å²) in [5.41, 5.74) is 0. The third-order valence-electron chi connectivity index (χ3n) is 2.11. The Balaban J connectivity index is 2.58. The van der Waals surface area contributed by atoms with Crippen molar-refractivity contribution >= 4 is 5.97 Å². The highest BCUT2D eigenvalue weighted by Crippen LogP contribution is 2.22. The molecule has 3 unspecified atom stereocenters. The van der Waals surface area contributed by atoms with Gasteiger partial charge in [-0.05, 0) is 13.8 Å². The van der Waals surface area contributed by atoms with E-state index in [1.807, 2.05) is 13.8 Å². The van der Waals surface area contributed by atoms with Crippen molar-refractivity contribution in [3.8, 4) is 0 Å². The minimum Gasteiger partial charge on any atom is -0.462 e. The fraction of sp³-hybridized carbons (Fsp3) is 0.875. The largest absolute Gasteiger partial charge is 0.462 e. The maximum absolute atomic E-state index is 11.1. The molecule has 1 heterocycles. The van der Waals surface area contributed by atoms with E-state index < -0.39 is 0 Å². The van der Waals surface area contributed by atoms with Crippen molar-refractivity contribution in [3.63, 3.8) is 0 Å². The Morgan fingerprint density at radius 2 is 2.18 bits per heavy atom. The van der Waals surface area contributed by atoms with Crippen LogP contribution in [0.15, 0.2) is 0 Å². The molecular formula is C8H14O3. The van der Waals surface area contributed by atoms with E-state index in [-0.39, 0.29) is 24.1 Å². The molecule has 0 bridgehead atoms. The molecule has 0 radical (unpaired) electrons. The number of methoxy groups -OCH3 is 1. The van der Waals surface area contributed by atoms with Crippen LogP contribution in [0.3, 0.4) is 0 Å². The molecule has 1 saturated heterocycles. The molecule has 0 aromatic heterocycles. The Bertz CT molecular complexity index is 155. The smallest absolute Gasteiger partial charge is 0.311 e. The topological polar surface area (TPSA) is 35.5 Å². The number of carbonyl (C=O) groups excluding carboxylic acids is 1. The van der Waals surface area contributed by atoms with Gasteiger partial charge in [-0.3, -0.25) is 4.79 Å². The summed E-state index contributed by atoms with van der Waals surface area (Å²) in [5.74, 6) is -0.258. The summed E-state index contributed by atoms with van der Waals surface area (Å²) in [6.07, 6.45) is 0.846. The predicted octanol–water partition coefficient (Wildman–Crippen LogP) is 0.973. The SMILES string of the molecule is COC1CC(C)OC(=O)C1C. The van der Waals surface area contributed by atoms with Crippen molar-refractivity contribution in [2.24, 2.45) is 5.92 Å². The van der Waals surface area contributed by atoms with Gasteiger partial charge in [-0.15, -0.1) is 0 Å². The van der Waals surface area contributed by atoms with E-state index in [9.17, 15) is 4.79 Å². The van der Waals surface area contributed by atoms with Gasteiger partial charge >= 0.3 is 5.97 Å². The van der Waals surface area contributed by atoms with Gasteiger partial charge in [0, 0.05) is 13.5 Å². The van der Waals surface area contributed by atoms with Crippen LogP contribution in [0.4, 0.5) is 0 Å². The lowest BCUT2D eigenvalue weighted by molar-refractivity contribution is -0.168. The Morgan fingerprint density at radius 1 is 1.55 bits per heavy atom. The van der Waals surface area contributed by atoms with Crippen LogP contribution in [0.25, 0.3) is 0 Å². The highest BCUT2D eigenvalue weighted by molar-refractivity contribution is 5.73. The summed E-state index contributed by atoms with van der Waals surface area (Å²) in [6.45, 7) is 3.72. The fourth-order valence-electron chi connectivity index (χ4n) is 1.34. The molecule has 1 rings (SSSR count). The predicted molar refractivity (Wildman–Crippen MR) is 40.1 cm³/mol. The van der Waals surface area contributed by atoms with Crippen molar-refractivity contribution in [2.75, 3.05) is 7.11 Å². The van der Waals surface area contributed by atoms with Crippen LogP contribution >= 0.6 is 0 Å². The lowest BCUT2D eigenvalue weighted by Crippen LogP contribution is -2.39. The average molecular weight is 158 g/mol. The quantitative estimate of drug-likeness (QED) is 0.533. The molecule has 3 atom stereocenters. The molecule has 0 aromatic carbocycles. The molecule has 11 heavy (non-hydrogen) atoms. The molecule has 1 aliphatic rings. The number of carbonyl (C=O) groups is 1. The zero-order valence-corrected chi connectivity index (χ0v) is 7.16. The van der Waals surface area contributed by atoms with Crippen LogP contribution in [0.5, 0.6) is 0 Å². The zero-order valence-electron chi connectivity index (χ0n) is 7.16. The van der Waals surface area contributed by atoms with Gasteiger partial charge in [0.1, 0.15) is 6.10 Å². The van der Waals surface area contributed by atoms with Crippen molar-refractivity contribution < 1.29 is 14.3 Å². The molecule has 0 spiro atoms. The van der Waals surface area contributed by atoms with Crippen LogP contribution in [0.2, 0.25) is 0 Å². The maximum atomic E-state index is 11.1. The van der Waals surface area contributed by atoms with E-state index in [0.717, 1.165) is 6.42 Å². The van der Waals surface area contributed by atoms with Gasteiger partial charge in [-0.1, -0.05) is 0 Å². The Morgan fingerprint density at radius 3 is 2.73 bits per heavy atom. The van der Waals surface area contributed by atoms with E-state index in [4.69, 9.17) is 9.47 Å². The average Bonchev–Trinajstić information content (AvgIpc) is 1.96. The normalized spacial score (nSPS) is 38.5. The van der Waals surface area contributed by atoms with Gasteiger partial charge in [0.05, 0.1) is 12.0 Å². The van der Waals surface area contributed by atoms with Gasteiger partial charge in [0.2, 0.25) is 0 Å². The van der Waals surface area contributed by atoms with Crippen molar-refractivity contribution in [1.82, 2.24) is 0 Å². The van der Waals surface area contributed by atoms with Crippen LogP contribution in [0.1, 0.15) is 20.3 Å². The van der Waals surface area contributed by atoms with Gasteiger partial charge in [-0.25, -0.2) is 0 Å². The highest BCUT2D eigenvalue weighted by Gasteiger charge is 2.33. The second kappa shape index (κ2) is 3.22. The van der Waals surface area contributed by atoms with Crippen molar-refractivity contribution in [2.45, 2.75) is 32.5 Å². The van der Waals surface area contributed by atoms with E-state index >= 15 is 0 Å². The molecule has 0 aromatic rings. The summed E-state index contributed by atoms with van der Waals surface area (Å²) in [4.78, 5) is 11.1. The molecule has 3 nitrogen and oxygen atoms in total. The third-order valence-corrected chi connectivity index (χ3v) is 2.11. The van der Waals surface area contributed by atoms with Crippen LogP contribution in [-0.2, 0) is 14.3 Å². The third kappa shape index (κ3) is 1.71. The molecule has 0 saturated carbocycles. The number of ether oxygens (including phenoxy) is 2. The van der Waals surface area contributed by atoms with Crippen LogP contribution < -0.4 is 0 Å². The molecule has 3 heteroatoms. The van der Waals surface area contributed by atoms with Crippen LogP contribution in [-0.4, -0.2) is 25.3 Å². The summed E-state index contributed by atoms with van der Waals surface area (Å²) in [5, 5.41) is 0. The first-order chi connectivity index (χ1) is 5.15. The number of cyclic esters (lactones) is 1. The number of hydrogen-bond donors (Lipinski definition) is 0. The Labute approximate surface area is 66.7 Å². The first kappa shape index (κ1) is 8.53. The lowest BCUT2D eigenvalue weighted by atomic mass is 9.96. The van der Waals surface area contributed by atoms with E-state index in [2.05, 4.69) is 0 Å². The van der Waals surface area contributed by atoms with Crippen molar-refractivity contribution in [3.05, 3.63) is 0 Å². The Hall–Kier alpha value is -0.570. The van der Waals surface area contributed by atoms with E-state index in [1.165, 1.54) is 0 Å². The first-order valence-corrected chi connectivity index (χ1v) is 3.88. The monoisotopic (exact) mass is 158 g/mol.